The van der Waals surface area contributed by atoms with Crippen molar-refractivity contribution in [2.75, 3.05) is 19.6 Å². The molecule has 0 aromatic carbocycles. The van der Waals surface area contributed by atoms with Crippen molar-refractivity contribution in [3.8, 4) is 0 Å². The number of carboxylic acid groups (broad SMARTS) is 1. The number of carboxylic acids is 1. The summed E-state index contributed by atoms with van der Waals surface area (Å²) in [6.07, 6.45) is 2.29. The molecule has 0 radical (unpaired) electrons. The number of carbonyl (C=O) groups is 2. The SMILES string of the molecule is CC(C)C(CCN)CCC(=O)N1C[C@@H](C)[C@H](C(=O)O)C1. The number of carbonyl (C=O) groups excluding carboxylic acids is 1. The van der Waals surface area contributed by atoms with E-state index in [0.29, 0.717) is 37.9 Å². The van der Waals surface area contributed by atoms with Crippen LogP contribution in [0.1, 0.15) is 40.0 Å². The maximum Gasteiger partial charge on any atom is 0.308 e. The zero-order valence-corrected chi connectivity index (χ0v) is 12.8. The third kappa shape index (κ3) is 4.47. The molecule has 20 heavy (non-hydrogen) atoms. The van der Waals surface area contributed by atoms with Crippen molar-refractivity contribution in [1.82, 2.24) is 4.90 Å². The average molecular weight is 284 g/mol. The molecule has 0 aromatic rings. The Morgan fingerprint density at radius 3 is 2.40 bits per heavy atom. The number of likely N-dealkylation sites (tertiary alicyclic amines) is 1. The van der Waals surface area contributed by atoms with Gasteiger partial charge >= 0.3 is 5.97 Å². The molecule has 0 aromatic heterocycles. The second kappa shape index (κ2) is 7.62. The van der Waals surface area contributed by atoms with E-state index in [1.807, 2.05) is 6.92 Å². The Labute approximate surface area is 121 Å². The highest BCUT2D eigenvalue weighted by Crippen LogP contribution is 2.26. The highest BCUT2D eigenvalue weighted by atomic mass is 16.4. The van der Waals surface area contributed by atoms with Gasteiger partial charge in [-0.2, -0.15) is 0 Å². The Morgan fingerprint density at radius 2 is 1.95 bits per heavy atom. The van der Waals surface area contributed by atoms with Gasteiger partial charge in [0.15, 0.2) is 0 Å². The van der Waals surface area contributed by atoms with Crippen LogP contribution >= 0.6 is 0 Å². The fourth-order valence-corrected chi connectivity index (χ4v) is 2.98. The van der Waals surface area contributed by atoms with Crippen molar-refractivity contribution in [3.05, 3.63) is 0 Å². The van der Waals surface area contributed by atoms with E-state index >= 15 is 0 Å². The molecule has 1 aliphatic rings. The monoisotopic (exact) mass is 284 g/mol. The number of nitrogens with zero attached hydrogens (tertiary/aromatic N) is 1. The smallest absolute Gasteiger partial charge is 0.308 e. The van der Waals surface area contributed by atoms with Gasteiger partial charge in [0.2, 0.25) is 5.91 Å². The van der Waals surface area contributed by atoms with Gasteiger partial charge in [0.05, 0.1) is 5.92 Å². The van der Waals surface area contributed by atoms with Crippen molar-refractivity contribution in [2.45, 2.75) is 40.0 Å². The topological polar surface area (TPSA) is 83.6 Å². The highest BCUT2D eigenvalue weighted by Gasteiger charge is 2.36. The molecule has 3 atom stereocenters. The Balaban J connectivity index is 2.45. The van der Waals surface area contributed by atoms with Crippen LogP contribution in [0, 0.1) is 23.7 Å². The lowest BCUT2D eigenvalue weighted by Crippen LogP contribution is -2.30. The summed E-state index contributed by atoms with van der Waals surface area (Å²) in [6, 6.07) is 0. The van der Waals surface area contributed by atoms with Crippen LogP contribution in [0.5, 0.6) is 0 Å². The summed E-state index contributed by atoms with van der Waals surface area (Å²) in [5, 5.41) is 9.09. The van der Waals surface area contributed by atoms with Crippen LogP contribution < -0.4 is 5.73 Å². The number of hydrogen-bond donors (Lipinski definition) is 2. The summed E-state index contributed by atoms with van der Waals surface area (Å²) in [7, 11) is 0. The molecule has 0 aliphatic carbocycles. The normalized spacial score (nSPS) is 24.1. The zero-order valence-electron chi connectivity index (χ0n) is 12.8. The Kier molecular flexibility index (Phi) is 6.46. The van der Waals surface area contributed by atoms with Crippen molar-refractivity contribution in [1.29, 1.82) is 0 Å². The van der Waals surface area contributed by atoms with Gasteiger partial charge in [-0.1, -0.05) is 20.8 Å². The predicted octanol–water partition coefficient (Wildman–Crippen LogP) is 1.57. The number of rotatable bonds is 7. The molecule has 1 rings (SSSR count). The first kappa shape index (κ1) is 17.0. The van der Waals surface area contributed by atoms with E-state index in [2.05, 4.69) is 13.8 Å². The molecule has 5 heteroatoms. The van der Waals surface area contributed by atoms with E-state index in [1.165, 1.54) is 0 Å². The molecule has 1 unspecified atom stereocenters. The Morgan fingerprint density at radius 1 is 1.30 bits per heavy atom. The summed E-state index contributed by atoms with van der Waals surface area (Å²) >= 11 is 0. The Hall–Kier alpha value is -1.10. The van der Waals surface area contributed by atoms with Crippen LogP contribution in [0.3, 0.4) is 0 Å². The van der Waals surface area contributed by atoms with Crippen molar-refractivity contribution >= 4 is 11.9 Å². The molecule has 0 bridgehead atoms. The van der Waals surface area contributed by atoms with Crippen LogP contribution in [0.2, 0.25) is 0 Å². The minimum absolute atomic E-state index is 0.0430. The van der Waals surface area contributed by atoms with Gasteiger partial charge in [0, 0.05) is 19.5 Å². The van der Waals surface area contributed by atoms with Crippen LogP contribution in [0.15, 0.2) is 0 Å². The highest BCUT2D eigenvalue weighted by molar-refractivity contribution is 5.79. The van der Waals surface area contributed by atoms with Gasteiger partial charge in [0.25, 0.3) is 0 Å². The third-order valence-electron chi connectivity index (χ3n) is 4.49. The molecule has 5 nitrogen and oxygen atoms in total. The molecular formula is C15H28N2O3. The van der Waals surface area contributed by atoms with Crippen LogP contribution in [0.4, 0.5) is 0 Å². The first-order valence-electron chi connectivity index (χ1n) is 7.57. The number of nitrogens with two attached hydrogens (primary N) is 1. The van der Waals surface area contributed by atoms with E-state index in [9.17, 15) is 9.59 Å². The number of hydrogen-bond acceptors (Lipinski definition) is 3. The fraction of sp³-hybridized carbons (Fsp3) is 0.867. The molecule has 1 aliphatic heterocycles. The molecule has 116 valence electrons. The van der Waals surface area contributed by atoms with E-state index in [0.717, 1.165) is 12.8 Å². The molecule has 1 heterocycles. The number of amides is 1. The van der Waals surface area contributed by atoms with Gasteiger partial charge in [-0.25, -0.2) is 0 Å². The predicted molar refractivity (Wildman–Crippen MR) is 78.1 cm³/mol. The third-order valence-corrected chi connectivity index (χ3v) is 4.49. The summed E-state index contributed by atoms with van der Waals surface area (Å²) in [6.45, 7) is 7.79. The summed E-state index contributed by atoms with van der Waals surface area (Å²) in [4.78, 5) is 25.0. The molecule has 1 saturated heterocycles. The van der Waals surface area contributed by atoms with Crippen molar-refractivity contribution in [2.24, 2.45) is 29.4 Å². The van der Waals surface area contributed by atoms with Crippen LogP contribution in [-0.2, 0) is 9.59 Å². The lowest BCUT2D eigenvalue weighted by Gasteiger charge is -2.22. The maximum atomic E-state index is 12.2. The van der Waals surface area contributed by atoms with Gasteiger partial charge in [-0.15, -0.1) is 0 Å². The molecule has 3 N–H and O–H groups in total. The summed E-state index contributed by atoms with van der Waals surface area (Å²) < 4.78 is 0. The largest absolute Gasteiger partial charge is 0.481 e. The number of aliphatic carboxylic acids is 1. The van der Waals surface area contributed by atoms with Gasteiger partial charge in [-0.05, 0) is 37.1 Å². The molecule has 0 saturated carbocycles. The minimum atomic E-state index is -0.795. The van der Waals surface area contributed by atoms with Crippen molar-refractivity contribution in [3.63, 3.8) is 0 Å². The zero-order chi connectivity index (χ0) is 15.3. The Bertz CT molecular complexity index is 344. The molecule has 0 spiro atoms. The van der Waals surface area contributed by atoms with E-state index in [4.69, 9.17) is 10.8 Å². The van der Waals surface area contributed by atoms with E-state index in [1.54, 1.807) is 4.90 Å². The van der Waals surface area contributed by atoms with Crippen LogP contribution in [0.25, 0.3) is 0 Å². The van der Waals surface area contributed by atoms with E-state index in [-0.39, 0.29) is 11.8 Å². The first-order chi connectivity index (χ1) is 9.36. The summed E-state index contributed by atoms with van der Waals surface area (Å²) in [5.41, 5.74) is 5.60. The second-order valence-electron chi connectivity index (χ2n) is 6.34. The second-order valence-corrected chi connectivity index (χ2v) is 6.34. The lowest BCUT2D eigenvalue weighted by atomic mass is 9.88. The standard InChI is InChI=1S/C15H28N2O3/c1-10(2)12(6-7-16)4-5-14(18)17-8-11(3)13(9-17)15(19)20/h10-13H,4-9,16H2,1-3H3,(H,19,20)/t11-,12?,13-/m1/s1. The van der Waals surface area contributed by atoms with Gasteiger partial charge in [0.1, 0.15) is 0 Å². The fourth-order valence-electron chi connectivity index (χ4n) is 2.98. The quantitative estimate of drug-likeness (QED) is 0.743. The average Bonchev–Trinajstić information content (AvgIpc) is 2.76. The molecule has 1 amide bonds. The van der Waals surface area contributed by atoms with Gasteiger partial charge in [-0.3, -0.25) is 9.59 Å². The maximum absolute atomic E-state index is 12.2. The van der Waals surface area contributed by atoms with Crippen LogP contribution in [-0.4, -0.2) is 41.5 Å². The lowest BCUT2D eigenvalue weighted by molar-refractivity contribution is -0.142. The molecule has 1 fully saturated rings. The van der Waals surface area contributed by atoms with E-state index < -0.39 is 11.9 Å². The summed E-state index contributed by atoms with van der Waals surface area (Å²) in [5.74, 6) is -0.0839. The molecular weight excluding hydrogens is 256 g/mol. The van der Waals surface area contributed by atoms with Crippen molar-refractivity contribution < 1.29 is 14.7 Å². The van der Waals surface area contributed by atoms with Gasteiger partial charge < -0.3 is 15.7 Å². The minimum Gasteiger partial charge on any atom is -0.481 e. The first-order valence-corrected chi connectivity index (χ1v) is 7.57.